The van der Waals surface area contributed by atoms with Crippen LogP contribution in [0.3, 0.4) is 0 Å². The lowest BCUT2D eigenvalue weighted by atomic mass is 9.92. The molecule has 5 aromatic rings. The minimum atomic E-state index is -0.407. The van der Waals surface area contributed by atoms with Gasteiger partial charge in [0, 0.05) is 47.6 Å². The van der Waals surface area contributed by atoms with Crippen molar-refractivity contribution in [3.63, 3.8) is 0 Å². The molecule has 10 nitrogen and oxygen atoms in total. The predicted octanol–water partition coefficient (Wildman–Crippen LogP) is 7.33. The molecular formula is C36H38N6O4. The van der Waals surface area contributed by atoms with Crippen molar-refractivity contribution in [3.05, 3.63) is 96.4 Å². The van der Waals surface area contributed by atoms with Gasteiger partial charge >= 0.3 is 6.03 Å². The van der Waals surface area contributed by atoms with Crippen LogP contribution in [0.5, 0.6) is 17.2 Å². The molecule has 10 heteroatoms. The lowest BCUT2D eigenvalue weighted by molar-refractivity contribution is -0.129. The number of fused-ring (bicyclic) bond motifs is 1. The highest BCUT2D eigenvalue weighted by atomic mass is 16.5. The van der Waals surface area contributed by atoms with Gasteiger partial charge in [-0.2, -0.15) is 5.10 Å². The zero-order chi connectivity index (χ0) is 32.3. The maximum Gasteiger partial charge on any atom is 0.324 e. The zero-order valence-electron chi connectivity index (χ0n) is 26.5. The normalized spacial score (nSPS) is 13.1. The van der Waals surface area contributed by atoms with Gasteiger partial charge in [-0.05, 0) is 55.3 Å². The number of pyridine rings is 1. The smallest absolute Gasteiger partial charge is 0.324 e. The Morgan fingerprint density at radius 1 is 0.870 bits per heavy atom. The molecule has 3 amide bonds. The predicted molar refractivity (Wildman–Crippen MR) is 179 cm³/mol. The van der Waals surface area contributed by atoms with Crippen molar-refractivity contribution in [2.24, 2.45) is 0 Å². The maximum atomic E-state index is 13.4. The van der Waals surface area contributed by atoms with Crippen molar-refractivity contribution in [1.29, 1.82) is 0 Å². The number of nitrogens with zero attached hydrogens (tertiary/aromatic N) is 4. The second-order valence-corrected chi connectivity index (χ2v) is 12.4. The summed E-state index contributed by atoms with van der Waals surface area (Å²) in [5.41, 5.74) is 2.69. The van der Waals surface area contributed by atoms with Gasteiger partial charge in [-0.25, -0.2) is 9.48 Å². The fourth-order valence-electron chi connectivity index (χ4n) is 5.47. The van der Waals surface area contributed by atoms with Crippen molar-refractivity contribution in [1.82, 2.24) is 19.7 Å². The number of rotatable bonds is 8. The molecule has 2 N–H and O–H groups in total. The number of methoxy groups -OCH3 is 1. The molecule has 0 saturated carbocycles. The molecule has 2 aromatic heterocycles. The monoisotopic (exact) mass is 618 g/mol. The summed E-state index contributed by atoms with van der Waals surface area (Å²) in [6, 6.07) is 23.9. The maximum absolute atomic E-state index is 13.4. The van der Waals surface area contributed by atoms with Crippen molar-refractivity contribution >= 4 is 34.2 Å². The molecule has 0 atom stereocenters. The van der Waals surface area contributed by atoms with E-state index in [0.717, 1.165) is 53.8 Å². The number of carbonyl (C=O) groups is 2. The molecule has 236 valence electrons. The highest BCUT2D eigenvalue weighted by molar-refractivity contribution is 6.07. The molecule has 0 aliphatic carbocycles. The van der Waals surface area contributed by atoms with E-state index in [1.807, 2.05) is 71.6 Å². The molecule has 3 aromatic carbocycles. The highest BCUT2D eigenvalue weighted by Crippen LogP contribution is 2.35. The standard InChI is InChI=1S/C36H38N6O4/c1-36(2,3)32-23-33(42(40-32)25-11-13-26(45-4)14-12-25)39-35(44)38-30-15-16-31(29-10-6-5-9-28(29)30)46-27-17-18-37-24(21-27)22-34(43)41-19-7-8-20-41/h5-6,9-18,21,23H,7-8,19-20,22H2,1-4H3,(H2,38,39,44). The molecule has 3 heterocycles. The molecule has 1 saturated heterocycles. The second kappa shape index (κ2) is 12.9. The van der Waals surface area contributed by atoms with Gasteiger partial charge in [0.1, 0.15) is 23.1 Å². The van der Waals surface area contributed by atoms with E-state index in [-0.39, 0.29) is 17.7 Å². The molecule has 0 spiro atoms. The third-order valence-electron chi connectivity index (χ3n) is 7.98. The Hall–Kier alpha value is -5.38. The minimum Gasteiger partial charge on any atom is -0.497 e. The van der Waals surface area contributed by atoms with Crippen LogP contribution in [-0.4, -0.2) is 51.8 Å². The number of urea groups is 1. The molecule has 0 bridgehead atoms. The van der Waals surface area contributed by atoms with Crippen LogP contribution in [0, 0.1) is 0 Å². The van der Waals surface area contributed by atoms with Crippen LogP contribution in [0.4, 0.5) is 16.3 Å². The Balaban J connectivity index is 1.21. The van der Waals surface area contributed by atoms with Crippen molar-refractivity contribution < 1.29 is 19.1 Å². The van der Waals surface area contributed by atoms with Gasteiger partial charge in [-0.3, -0.25) is 15.1 Å². The Morgan fingerprint density at radius 3 is 2.33 bits per heavy atom. The van der Waals surface area contributed by atoms with Gasteiger partial charge in [0.15, 0.2) is 0 Å². The molecular weight excluding hydrogens is 580 g/mol. The number of nitrogens with one attached hydrogen (secondary N) is 2. The molecule has 1 aliphatic heterocycles. The average Bonchev–Trinajstić information content (AvgIpc) is 3.74. The Morgan fingerprint density at radius 2 is 1.61 bits per heavy atom. The summed E-state index contributed by atoms with van der Waals surface area (Å²) in [4.78, 5) is 32.3. The molecule has 0 radical (unpaired) electrons. The van der Waals surface area contributed by atoms with Crippen LogP contribution in [0.25, 0.3) is 16.5 Å². The SMILES string of the molecule is COc1ccc(-n2nc(C(C)(C)C)cc2NC(=O)Nc2ccc(Oc3ccnc(CC(=O)N4CCCC4)c3)c3ccccc23)cc1. The van der Waals surface area contributed by atoms with Gasteiger partial charge in [0.05, 0.1) is 36.3 Å². The number of amides is 3. The first kappa shape index (κ1) is 30.6. The molecule has 1 aliphatic rings. The van der Waals surface area contributed by atoms with Gasteiger partial charge < -0.3 is 19.7 Å². The summed E-state index contributed by atoms with van der Waals surface area (Å²) in [5, 5.41) is 12.4. The number of likely N-dealkylation sites (tertiary alicyclic amines) is 1. The third kappa shape index (κ3) is 6.81. The summed E-state index contributed by atoms with van der Waals surface area (Å²) in [5.74, 6) is 2.56. The lowest BCUT2D eigenvalue weighted by Crippen LogP contribution is -2.29. The summed E-state index contributed by atoms with van der Waals surface area (Å²) in [6.07, 6.45) is 4.00. The second-order valence-electron chi connectivity index (χ2n) is 12.4. The minimum absolute atomic E-state index is 0.0861. The number of ether oxygens (including phenoxy) is 2. The first-order valence-corrected chi connectivity index (χ1v) is 15.4. The molecule has 6 rings (SSSR count). The van der Waals surface area contributed by atoms with E-state index in [1.165, 1.54) is 0 Å². The third-order valence-corrected chi connectivity index (χ3v) is 7.98. The quantitative estimate of drug-likeness (QED) is 0.188. The number of benzene rings is 3. The van der Waals surface area contributed by atoms with Crippen LogP contribution in [0.2, 0.25) is 0 Å². The van der Waals surface area contributed by atoms with E-state index in [9.17, 15) is 9.59 Å². The number of aromatic nitrogens is 3. The van der Waals surface area contributed by atoms with Gasteiger partial charge in [0.25, 0.3) is 0 Å². The topological polar surface area (TPSA) is 111 Å². The number of carbonyl (C=O) groups excluding carboxylic acids is 2. The Bertz CT molecular complexity index is 1870. The van der Waals surface area contributed by atoms with E-state index in [4.69, 9.17) is 14.6 Å². The Labute approximate surface area is 268 Å². The fraction of sp³-hybridized carbons (Fsp3) is 0.278. The first-order valence-electron chi connectivity index (χ1n) is 15.4. The number of hydrogen-bond donors (Lipinski definition) is 2. The van der Waals surface area contributed by atoms with Gasteiger partial charge in [-0.1, -0.05) is 45.0 Å². The van der Waals surface area contributed by atoms with Crippen molar-refractivity contribution in [2.45, 2.75) is 45.4 Å². The van der Waals surface area contributed by atoms with Crippen LogP contribution < -0.4 is 20.1 Å². The highest BCUT2D eigenvalue weighted by Gasteiger charge is 2.22. The lowest BCUT2D eigenvalue weighted by Gasteiger charge is -2.16. The number of hydrogen-bond acceptors (Lipinski definition) is 6. The summed E-state index contributed by atoms with van der Waals surface area (Å²) < 4.78 is 13.3. The summed E-state index contributed by atoms with van der Waals surface area (Å²) in [7, 11) is 1.62. The van der Waals surface area contributed by atoms with Crippen molar-refractivity contribution in [3.8, 4) is 22.9 Å². The fourth-order valence-corrected chi connectivity index (χ4v) is 5.47. The van der Waals surface area contributed by atoms with Gasteiger partial charge in [0.2, 0.25) is 5.91 Å². The van der Waals surface area contributed by atoms with Crippen LogP contribution in [0.1, 0.15) is 45.0 Å². The van der Waals surface area contributed by atoms with Crippen molar-refractivity contribution in [2.75, 3.05) is 30.8 Å². The van der Waals surface area contributed by atoms with E-state index in [2.05, 4.69) is 36.4 Å². The first-order chi connectivity index (χ1) is 22.2. The largest absolute Gasteiger partial charge is 0.497 e. The average molecular weight is 619 g/mol. The van der Waals surface area contributed by atoms with Crippen LogP contribution in [0.15, 0.2) is 85.1 Å². The Kier molecular flexibility index (Phi) is 8.61. The van der Waals surface area contributed by atoms with E-state index in [0.29, 0.717) is 28.7 Å². The molecule has 0 unspecified atom stereocenters. The van der Waals surface area contributed by atoms with E-state index < -0.39 is 6.03 Å². The van der Waals surface area contributed by atoms with Crippen LogP contribution in [-0.2, 0) is 16.6 Å². The van der Waals surface area contributed by atoms with E-state index >= 15 is 0 Å². The summed E-state index contributed by atoms with van der Waals surface area (Å²) in [6.45, 7) is 7.85. The zero-order valence-corrected chi connectivity index (χ0v) is 26.5. The van der Waals surface area contributed by atoms with Gasteiger partial charge in [-0.15, -0.1) is 0 Å². The van der Waals surface area contributed by atoms with Crippen LogP contribution >= 0.6 is 0 Å². The molecule has 1 fully saturated rings. The van der Waals surface area contributed by atoms with E-state index in [1.54, 1.807) is 30.1 Å². The molecule has 46 heavy (non-hydrogen) atoms. The summed E-state index contributed by atoms with van der Waals surface area (Å²) >= 11 is 0. The number of anilines is 2.